The van der Waals surface area contributed by atoms with Crippen LogP contribution in [0, 0.1) is 0 Å². The van der Waals surface area contributed by atoms with Crippen LogP contribution in [0.2, 0.25) is 10.0 Å². The Morgan fingerprint density at radius 3 is 2.72 bits per heavy atom. The van der Waals surface area contributed by atoms with Gasteiger partial charge in [-0.3, -0.25) is 0 Å². The number of rotatable bonds is 7. The van der Waals surface area contributed by atoms with Crippen molar-refractivity contribution in [2.75, 3.05) is 12.3 Å². The predicted octanol–water partition coefficient (Wildman–Crippen LogP) is 3.97. The van der Waals surface area contributed by atoms with Crippen molar-refractivity contribution in [1.82, 2.24) is 0 Å². The zero-order valence-electron chi connectivity index (χ0n) is 10.5. The Bertz CT molecular complexity index is 385. The number of hydrogen-bond donors (Lipinski definition) is 2. The molecule has 0 saturated carbocycles. The second kappa shape index (κ2) is 7.61. The largest absolute Gasteiger partial charge is 0.389 e. The molecule has 0 aliphatic heterocycles. The Kier molecular flexibility index (Phi) is 6.82. The Morgan fingerprint density at radius 1 is 1.33 bits per heavy atom. The van der Waals surface area contributed by atoms with E-state index in [1.54, 1.807) is 24.8 Å². The second-order valence-corrected chi connectivity index (χ2v) is 6.56. The number of thioether (sulfide) groups is 1. The minimum Gasteiger partial charge on any atom is -0.389 e. The minimum absolute atomic E-state index is 0.306. The number of benzene rings is 1. The number of nitrogens with two attached hydrogens (primary N) is 1. The SMILES string of the molecule is CC(O)(CN)CCCCSc1cc(Cl)ccc1Cl. The molecular formula is C13H19Cl2NOS. The maximum atomic E-state index is 9.75. The van der Waals surface area contributed by atoms with E-state index >= 15 is 0 Å². The van der Waals surface area contributed by atoms with Gasteiger partial charge in [0.25, 0.3) is 0 Å². The molecule has 0 aliphatic rings. The van der Waals surface area contributed by atoms with Crippen LogP contribution in [0.1, 0.15) is 26.2 Å². The average molecular weight is 308 g/mol. The molecule has 0 radical (unpaired) electrons. The normalized spacial score (nSPS) is 14.5. The van der Waals surface area contributed by atoms with Crippen LogP contribution in [-0.2, 0) is 0 Å². The zero-order valence-corrected chi connectivity index (χ0v) is 12.8. The molecule has 102 valence electrons. The molecule has 18 heavy (non-hydrogen) atoms. The highest BCUT2D eigenvalue weighted by molar-refractivity contribution is 7.99. The highest BCUT2D eigenvalue weighted by Gasteiger charge is 2.16. The minimum atomic E-state index is -0.738. The molecule has 5 heteroatoms. The first-order chi connectivity index (χ1) is 8.44. The van der Waals surface area contributed by atoms with E-state index < -0.39 is 5.60 Å². The first kappa shape index (κ1) is 16.1. The van der Waals surface area contributed by atoms with Crippen LogP contribution in [-0.4, -0.2) is 23.0 Å². The first-order valence-corrected chi connectivity index (χ1v) is 7.69. The molecule has 3 N–H and O–H groups in total. The van der Waals surface area contributed by atoms with E-state index in [2.05, 4.69) is 0 Å². The van der Waals surface area contributed by atoms with Crippen molar-refractivity contribution < 1.29 is 5.11 Å². The molecule has 0 saturated heterocycles. The summed E-state index contributed by atoms with van der Waals surface area (Å²) < 4.78 is 0. The molecule has 2 nitrogen and oxygen atoms in total. The third-order valence-electron chi connectivity index (χ3n) is 2.70. The summed E-state index contributed by atoms with van der Waals surface area (Å²) in [5.74, 6) is 0.959. The fourth-order valence-corrected chi connectivity index (χ4v) is 2.98. The molecule has 0 heterocycles. The molecule has 1 atom stereocenters. The first-order valence-electron chi connectivity index (χ1n) is 5.95. The number of unbranched alkanes of at least 4 members (excludes halogenated alkanes) is 1. The van der Waals surface area contributed by atoms with E-state index in [1.807, 2.05) is 12.1 Å². The summed E-state index contributed by atoms with van der Waals surface area (Å²) in [6, 6.07) is 5.47. The molecule has 1 rings (SSSR count). The summed E-state index contributed by atoms with van der Waals surface area (Å²) in [6.07, 6.45) is 2.70. The van der Waals surface area contributed by atoms with Gasteiger partial charge in [-0.15, -0.1) is 11.8 Å². The monoisotopic (exact) mass is 307 g/mol. The fraction of sp³-hybridized carbons (Fsp3) is 0.538. The van der Waals surface area contributed by atoms with Gasteiger partial charge >= 0.3 is 0 Å². The summed E-state index contributed by atoms with van der Waals surface area (Å²) in [5.41, 5.74) is 4.72. The number of hydrogen-bond acceptors (Lipinski definition) is 3. The Morgan fingerprint density at radius 2 is 2.06 bits per heavy atom. The van der Waals surface area contributed by atoms with Crippen LogP contribution < -0.4 is 5.73 Å². The van der Waals surface area contributed by atoms with Crippen molar-refractivity contribution in [1.29, 1.82) is 0 Å². The van der Waals surface area contributed by atoms with E-state index in [0.717, 1.165) is 34.9 Å². The van der Waals surface area contributed by atoms with Crippen LogP contribution in [0.4, 0.5) is 0 Å². The summed E-state index contributed by atoms with van der Waals surface area (Å²) in [5, 5.41) is 11.2. The zero-order chi connectivity index (χ0) is 13.6. The summed E-state index contributed by atoms with van der Waals surface area (Å²) >= 11 is 13.7. The lowest BCUT2D eigenvalue weighted by molar-refractivity contribution is 0.0577. The molecule has 1 aromatic rings. The van der Waals surface area contributed by atoms with Gasteiger partial charge in [0, 0.05) is 16.5 Å². The molecule has 0 spiro atoms. The van der Waals surface area contributed by atoms with Crippen LogP contribution in [0.15, 0.2) is 23.1 Å². The van der Waals surface area contributed by atoms with Gasteiger partial charge in [-0.1, -0.05) is 23.2 Å². The van der Waals surface area contributed by atoms with Crippen molar-refractivity contribution in [3.63, 3.8) is 0 Å². The van der Waals surface area contributed by atoms with Crippen molar-refractivity contribution in [3.05, 3.63) is 28.2 Å². The molecule has 1 unspecified atom stereocenters. The van der Waals surface area contributed by atoms with Gasteiger partial charge in [0.1, 0.15) is 0 Å². The highest BCUT2D eigenvalue weighted by atomic mass is 35.5. The molecule has 0 bridgehead atoms. The molecule has 0 aromatic heterocycles. The second-order valence-electron chi connectivity index (χ2n) is 4.58. The molecule has 0 fully saturated rings. The number of aliphatic hydroxyl groups is 1. The summed E-state index contributed by atoms with van der Waals surface area (Å²) in [4.78, 5) is 1.01. The van der Waals surface area contributed by atoms with Gasteiger partial charge in [0.05, 0.1) is 10.6 Å². The van der Waals surface area contributed by atoms with Gasteiger partial charge in [0.15, 0.2) is 0 Å². The van der Waals surface area contributed by atoms with Gasteiger partial charge in [-0.2, -0.15) is 0 Å². The fourth-order valence-electron chi connectivity index (χ4n) is 1.48. The smallest absolute Gasteiger partial charge is 0.0741 e. The van der Waals surface area contributed by atoms with Gasteiger partial charge in [-0.25, -0.2) is 0 Å². The molecule has 0 amide bonds. The lowest BCUT2D eigenvalue weighted by Crippen LogP contribution is -2.33. The molecular weight excluding hydrogens is 289 g/mol. The third kappa shape index (κ3) is 5.81. The lowest BCUT2D eigenvalue weighted by atomic mass is 10.00. The topological polar surface area (TPSA) is 46.2 Å². The van der Waals surface area contributed by atoms with Crippen LogP contribution in [0.5, 0.6) is 0 Å². The third-order valence-corrected chi connectivity index (χ3v) is 4.52. The standard InChI is InChI=1S/C13H19Cl2NOS/c1-13(17,9-16)6-2-3-7-18-12-8-10(14)4-5-11(12)15/h4-5,8,17H,2-3,6-7,9,16H2,1H3. The van der Waals surface area contributed by atoms with Crippen LogP contribution in [0.3, 0.4) is 0 Å². The van der Waals surface area contributed by atoms with E-state index in [1.165, 1.54) is 0 Å². The molecule has 0 aliphatic carbocycles. The van der Waals surface area contributed by atoms with Gasteiger partial charge in [0.2, 0.25) is 0 Å². The Labute approximate surface area is 123 Å². The van der Waals surface area contributed by atoms with Crippen LogP contribution >= 0.6 is 35.0 Å². The average Bonchev–Trinajstić information content (AvgIpc) is 2.33. The molecule has 1 aromatic carbocycles. The summed E-state index contributed by atoms with van der Waals surface area (Å²) in [6.45, 7) is 2.08. The lowest BCUT2D eigenvalue weighted by Gasteiger charge is -2.20. The Hall–Kier alpha value is 0.0700. The van der Waals surface area contributed by atoms with E-state index in [9.17, 15) is 5.11 Å². The maximum absolute atomic E-state index is 9.75. The van der Waals surface area contributed by atoms with Crippen molar-refractivity contribution in [2.24, 2.45) is 5.73 Å². The van der Waals surface area contributed by atoms with Crippen LogP contribution in [0.25, 0.3) is 0 Å². The highest BCUT2D eigenvalue weighted by Crippen LogP contribution is 2.30. The van der Waals surface area contributed by atoms with Gasteiger partial charge in [-0.05, 0) is 50.1 Å². The van der Waals surface area contributed by atoms with Crippen molar-refractivity contribution >= 4 is 35.0 Å². The van der Waals surface area contributed by atoms with E-state index in [0.29, 0.717) is 11.6 Å². The van der Waals surface area contributed by atoms with Crippen molar-refractivity contribution in [3.8, 4) is 0 Å². The number of halogens is 2. The Balaban J connectivity index is 2.28. The maximum Gasteiger partial charge on any atom is 0.0741 e. The van der Waals surface area contributed by atoms with Gasteiger partial charge < -0.3 is 10.8 Å². The summed E-state index contributed by atoms with van der Waals surface area (Å²) in [7, 11) is 0. The quantitative estimate of drug-likeness (QED) is 0.592. The van der Waals surface area contributed by atoms with Crippen molar-refractivity contribution in [2.45, 2.75) is 36.7 Å². The van der Waals surface area contributed by atoms with E-state index in [4.69, 9.17) is 28.9 Å². The predicted molar refractivity (Wildman–Crippen MR) is 80.7 cm³/mol. The van der Waals surface area contributed by atoms with E-state index in [-0.39, 0.29) is 0 Å².